The molecule has 31 heavy (non-hydrogen) atoms. The summed E-state index contributed by atoms with van der Waals surface area (Å²) in [5.74, 6) is 0. The van der Waals surface area contributed by atoms with Crippen LogP contribution in [0.25, 0.3) is 5.70 Å². The van der Waals surface area contributed by atoms with Crippen LogP contribution in [0.15, 0.2) is 38.3 Å². The van der Waals surface area contributed by atoms with Crippen LogP contribution in [0.3, 0.4) is 0 Å². The van der Waals surface area contributed by atoms with Crippen molar-refractivity contribution in [1.82, 2.24) is 9.97 Å². The number of hydrogen-bond acceptors (Lipinski definition) is 11. The third kappa shape index (κ3) is 5.59. The van der Waals surface area contributed by atoms with Crippen LogP contribution in [0.1, 0.15) is 29.7 Å². The summed E-state index contributed by atoms with van der Waals surface area (Å²) in [6, 6.07) is 8.91. The fourth-order valence-electron chi connectivity index (χ4n) is 2.11. The van der Waals surface area contributed by atoms with E-state index in [0.29, 0.717) is 0 Å². The monoisotopic (exact) mass is 407 g/mol. The van der Waals surface area contributed by atoms with Gasteiger partial charge in [-0.05, 0) is 19.7 Å². The minimum atomic E-state index is -0.307. The highest BCUT2D eigenvalue weighted by Gasteiger charge is 2.20. The summed E-state index contributed by atoms with van der Waals surface area (Å²) < 4.78 is 0. The Labute approximate surface area is 178 Å². The first-order valence-electron chi connectivity index (χ1n) is 8.26. The SMILES string of the molecule is C=C/C(N=C)=C(/N=C(\C)C#N)c1nc(C#N)c(C#N)nc1C/N=C(C#N)\C(C#N)=N/C. The van der Waals surface area contributed by atoms with Crippen molar-refractivity contribution >= 4 is 29.5 Å². The molecule has 1 rings (SSSR count). The lowest BCUT2D eigenvalue weighted by atomic mass is 10.1. The van der Waals surface area contributed by atoms with Crippen LogP contribution in [0, 0.1) is 56.7 Å². The number of aliphatic imine (C=N–C) groups is 4. The topological polar surface area (TPSA) is 194 Å². The lowest BCUT2D eigenvalue weighted by Gasteiger charge is -2.10. The predicted molar refractivity (Wildman–Crippen MR) is 113 cm³/mol. The van der Waals surface area contributed by atoms with Crippen LogP contribution in [-0.4, -0.2) is 40.9 Å². The Hall–Kier alpha value is -5.31. The zero-order chi connectivity index (χ0) is 23.4. The van der Waals surface area contributed by atoms with Crippen LogP contribution < -0.4 is 0 Å². The van der Waals surface area contributed by atoms with Gasteiger partial charge < -0.3 is 0 Å². The highest BCUT2D eigenvalue weighted by molar-refractivity contribution is 6.53. The minimum absolute atomic E-state index is 0.0135. The van der Waals surface area contributed by atoms with Crippen LogP contribution in [0.2, 0.25) is 0 Å². The van der Waals surface area contributed by atoms with Crippen LogP contribution >= 0.6 is 0 Å². The Morgan fingerprint density at radius 3 is 2.06 bits per heavy atom. The fourth-order valence-corrected chi connectivity index (χ4v) is 2.11. The van der Waals surface area contributed by atoms with Gasteiger partial charge in [-0.2, -0.15) is 26.3 Å². The molecule has 0 saturated carbocycles. The fraction of sp³-hybridized carbons (Fsp3) is 0.150. The lowest BCUT2D eigenvalue weighted by Crippen LogP contribution is -2.12. The second-order valence-electron chi connectivity index (χ2n) is 5.31. The van der Waals surface area contributed by atoms with E-state index in [1.54, 1.807) is 24.3 Å². The molecule has 0 aliphatic rings. The number of nitrogens with zero attached hydrogens (tertiary/aromatic N) is 11. The predicted octanol–water partition coefficient (Wildman–Crippen LogP) is 1.82. The maximum Gasteiger partial charge on any atom is 0.177 e. The Kier molecular flexibility index (Phi) is 8.81. The molecule has 0 spiro atoms. The van der Waals surface area contributed by atoms with Gasteiger partial charge in [0.1, 0.15) is 47.4 Å². The third-order valence-corrected chi connectivity index (χ3v) is 3.50. The molecule has 11 nitrogen and oxygen atoms in total. The van der Waals surface area contributed by atoms with Crippen molar-refractivity contribution < 1.29 is 0 Å². The highest BCUT2D eigenvalue weighted by atomic mass is 14.9. The molecule has 0 saturated heterocycles. The molecule has 0 amide bonds. The average molecular weight is 407 g/mol. The van der Waals surface area contributed by atoms with Gasteiger partial charge in [0.05, 0.1) is 17.9 Å². The molecule has 1 heterocycles. The summed E-state index contributed by atoms with van der Waals surface area (Å²) in [5, 5.41) is 46.1. The Bertz CT molecular complexity index is 1250. The van der Waals surface area contributed by atoms with Crippen molar-refractivity contribution in [2.24, 2.45) is 20.0 Å². The standard InChI is InChI=1S/C20H13N11/c1-5-13(26-3)19(29-12(2)6-21)20-18(30-16(9-24)17(10-25)31-20)11-28-15(8-23)14(7-22)27-4/h5H,1,3,11H2,2,4H3/b19-13-,27-14-,28-15-,29-12+. The van der Waals surface area contributed by atoms with Crippen LogP contribution in [0.4, 0.5) is 0 Å². The number of nitriles is 5. The van der Waals surface area contributed by atoms with Gasteiger partial charge in [-0.15, -0.1) is 0 Å². The molecule has 0 aliphatic carbocycles. The molecule has 11 heteroatoms. The molecule has 0 radical (unpaired) electrons. The first-order chi connectivity index (χ1) is 14.9. The summed E-state index contributed by atoms with van der Waals surface area (Å²) in [7, 11) is 1.33. The van der Waals surface area contributed by atoms with E-state index in [1.807, 2.05) is 6.07 Å². The summed E-state index contributed by atoms with van der Waals surface area (Å²) in [5.41, 5.74) is -0.778. The minimum Gasteiger partial charge on any atom is -0.275 e. The van der Waals surface area contributed by atoms with Gasteiger partial charge in [-0.3, -0.25) is 15.0 Å². The van der Waals surface area contributed by atoms with Gasteiger partial charge in [0.2, 0.25) is 0 Å². The second-order valence-corrected chi connectivity index (χ2v) is 5.31. The van der Waals surface area contributed by atoms with E-state index in [1.165, 1.54) is 20.0 Å². The van der Waals surface area contributed by atoms with Crippen molar-refractivity contribution in [2.75, 3.05) is 7.05 Å². The second kappa shape index (κ2) is 11.5. The van der Waals surface area contributed by atoms with Gasteiger partial charge >= 0.3 is 0 Å². The summed E-state index contributed by atoms with van der Waals surface area (Å²) in [6.07, 6.45) is 1.31. The van der Waals surface area contributed by atoms with Gasteiger partial charge in [-0.1, -0.05) is 6.58 Å². The molecular weight excluding hydrogens is 394 g/mol. The Morgan fingerprint density at radius 1 is 1.00 bits per heavy atom. The van der Waals surface area contributed by atoms with E-state index in [-0.39, 0.29) is 57.8 Å². The molecule has 0 bridgehead atoms. The van der Waals surface area contributed by atoms with Gasteiger partial charge in [0.15, 0.2) is 22.8 Å². The van der Waals surface area contributed by atoms with Gasteiger partial charge in [0, 0.05) is 7.05 Å². The van der Waals surface area contributed by atoms with E-state index < -0.39 is 0 Å². The normalized spacial score (nSPS) is 12.2. The molecule has 0 N–H and O–H groups in total. The molecule has 0 atom stereocenters. The van der Waals surface area contributed by atoms with Gasteiger partial charge in [0.25, 0.3) is 0 Å². The number of hydrogen-bond donors (Lipinski definition) is 0. The number of allylic oxidation sites excluding steroid dienone is 1. The molecule has 148 valence electrons. The van der Waals surface area contributed by atoms with Crippen molar-refractivity contribution in [2.45, 2.75) is 13.5 Å². The van der Waals surface area contributed by atoms with E-state index in [0.717, 1.165) is 0 Å². The lowest BCUT2D eigenvalue weighted by molar-refractivity contribution is 0.931. The molecular formula is C20H13N11. The summed E-state index contributed by atoms with van der Waals surface area (Å²) in [6.45, 7) is 8.18. The van der Waals surface area contributed by atoms with E-state index in [4.69, 9.17) is 10.5 Å². The molecule has 0 fully saturated rings. The van der Waals surface area contributed by atoms with Crippen LogP contribution in [0.5, 0.6) is 0 Å². The molecule has 0 unspecified atom stereocenters. The molecule has 1 aromatic heterocycles. The Balaban J connectivity index is 3.97. The number of rotatable bonds is 7. The summed E-state index contributed by atoms with van der Waals surface area (Å²) in [4.78, 5) is 24.0. The molecule has 0 aliphatic heterocycles. The third-order valence-electron chi connectivity index (χ3n) is 3.50. The van der Waals surface area contributed by atoms with Crippen molar-refractivity contribution in [3.8, 4) is 30.3 Å². The van der Waals surface area contributed by atoms with E-state index in [2.05, 4.69) is 43.2 Å². The van der Waals surface area contributed by atoms with Crippen molar-refractivity contribution in [1.29, 1.82) is 26.3 Å². The largest absolute Gasteiger partial charge is 0.275 e. The zero-order valence-electron chi connectivity index (χ0n) is 16.6. The molecule has 1 aromatic rings. The van der Waals surface area contributed by atoms with E-state index in [9.17, 15) is 15.8 Å². The first-order valence-corrected chi connectivity index (χ1v) is 8.26. The maximum atomic E-state index is 9.33. The smallest absolute Gasteiger partial charge is 0.177 e. The quantitative estimate of drug-likeness (QED) is 0.485. The van der Waals surface area contributed by atoms with E-state index >= 15 is 0 Å². The zero-order valence-corrected chi connectivity index (χ0v) is 16.6. The van der Waals surface area contributed by atoms with Gasteiger partial charge in [-0.25, -0.2) is 15.0 Å². The average Bonchev–Trinajstić information content (AvgIpc) is 2.80. The highest BCUT2D eigenvalue weighted by Crippen LogP contribution is 2.25. The maximum absolute atomic E-state index is 9.33. The van der Waals surface area contributed by atoms with Crippen molar-refractivity contribution in [3.05, 3.63) is 41.1 Å². The number of aromatic nitrogens is 2. The van der Waals surface area contributed by atoms with Crippen LogP contribution in [-0.2, 0) is 6.54 Å². The molecule has 0 aromatic carbocycles. The van der Waals surface area contributed by atoms with Crippen molar-refractivity contribution in [3.63, 3.8) is 0 Å². The summed E-state index contributed by atoms with van der Waals surface area (Å²) >= 11 is 0. The first kappa shape index (κ1) is 23.7. The Morgan fingerprint density at radius 2 is 1.61 bits per heavy atom.